The summed E-state index contributed by atoms with van der Waals surface area (Å²) in [7, 11) is 3.02. The summed E-state index contributed by atoms with van der Waals surface area (Å²) in [5.41, 5.74) is 0.670. The Morgan fingerprint density at radius 2 is 1.71 bits per heavy atom. The van der Waals surface area contributed by atoms with Crippen molar-refractivity contribution in [2.75, 3.05) is 19.5 Å². The van der Waals surface area contributed by atoms with Crippen LogP contribution in [-0.2, 0) is 16.1 Å². The minimum atomic E-state index is -0.944. The molecule has 126 valence electrons. The van der Waals surface area contributed by atoms with Crippen molar-refractivity contribution in [2.24, 2.45) is 0 Å². The van der Waals surface area contributed by atoms with E-state index in [2.05, 4.69) is 10.6 Å². The minimum absolute atomic E-state index is 0.0521. The lowest BCUT2D eigenvalue weighted by Gasteiger charge is -2.10. The average molecular weight is 332 g/mol. The van der Waals surface area contributed by atoms with Gasteiger partial charge in [0.05, 0.1) is 19.9 Å². The average Bonchev–Trinajstić information content (AvgIpc) is 2.61. The number of nitrogens with one attached hydrogen (secondary N) is 2. The molecule has 0 aliphatic rings. The van der Waals surface area contributed by atoms with Crippen molar-refractivity contribution in [2.45, 2.75) is 6.54 Å². The van der Waals surface area contributed by atoms with E-state index in [0.717, 1.165) is 5.56 Å². The predicted molar refractivity (Wildman–Crippen MR) is 86.4 cm³/mol. The quantitative estimate of drug-likeness (QED) is 0.822. The van der Waals surface area contributed by atoms with E-state index in [1.165, 1.54) is 32.4 Å². The maximum atomic E-state index is 13.4. The third-order valence-electron chi connectivity index (χ3n) is 3.23. The first-order valence-corrected chi connectivity index (χ1v) is 7.09. The van der Waals surface area contributed by atoms with E-state index >= 15 is 0 Å². The standard InChI is InChI=1S/C17H17FN2O4/c1-23-14-8-7-11(9-15(14)24-2)10-19-16(21)17(22)20-13-6-4-3-5-12(13)18/h3-9H,10H2,1-2H3,(H,19,21)(H,20,22). The van der Waals surface area contributed by atoms with Gasteiger partial charge in [0, 0.05) is 6.54 Å². The molecule has 0 aromatic heterocycles. The van der Waals surface area contributed by atoms with Crippen molar-refractivity contribution in [1.82, 2.24) is 5.32 Å². The highest BCUT2D eigenvalue weighted by Crippen LogP contribution is 2.27. The van der Waals surface area contributed by atoms with Crippen LogP contribution in [0.3, 0.4) is 0 Å². The molecule has 0 radical (unpaired) electrons. The summed E-state index contributed by atoms with van der Waals surface area (Å²) in [5, 5.41) is 4.67. The van der Waals surface area contributed by atoms with Gasteiger partial charge in [0.1, 0.15) is 5.82 Å². The molecule has 0 saturated heterocycles. The number of para-hydroxylation sites is 1. The molecule has 0 bridgehead atoms. The fourth-order valence-electron chi connectivity index (χ4n) is 1.99. The van der Waals surface area contributed by atoms with Crippen LogP contribution in [0.2, 0.25) is 0 Å². The normalized spacial score (nSPS) is 9.96. The zero-order chi connectivity index (χ0) is 17.5. The van der Waals surface area contributed by atoms with Gasteiger partial charge in [-0.25, -0.2) is 4.39 Å². The molecule has 24 heavy (non-hydrogen) atoms. The molecular weight excluding hydrogens is 315 g/mol. The number of rotatable bonds is 5. The number of methoxy groups -OCH3 is 2. The fourth-order valence-corrected chi connectivity index (χ4v) is 1.99. The third-order valence-corrected chi connectivity index (χ3v) is 3.23. The highest BCUT2D eigenvalue weighted by molar-refractivity contribution is 6.39. The van der Waals surface area contributed by atoms with E-state index < -0.39 is 17.6 Å². The topological polar surface area (TPSA) is 76.7 Å². The fraction of sp³-hybridized carbons (Fsp3) is 0.176. The van der Waals surface area contributed by atoms with Crippen LogP contribution in [0.4, 0.5) is 10.1 Å². The number of anilines is 1. The highest BCUT2D eigenvalue weighted by Gasteiger charge is 2.15. The molecular formula is C17H17FN2O4. The summed E-state index contributed by atoms with van der Waals surface area (Å²) in [5.74, 6) is -1.35. The van der Waals surface area contributed by atoms with Gasteiger partial charge in [-0.05, 0) is 29.8 Å². The van der Waals surface area contributed by atoms with Crippen LogP contribution in [-0.4, -0.2) is 26.0 Å². The Hall–Kier alpha value is -3.09. The number of amides is 2. The molecule has 7 heteroatoms. The molecule has 0 heterocycles. The van der Waals surface area contributed by atoms with Gasteiger partial charge in [-0.1, -0.05) is 18.2 Å². The van der Waals surface area contributed by atoms with E-state index in [-0.39, 0.29) is 12.2 Å². The summed E-state index contributed by atoms with van der Waals surface area (Å²) >= 11 is 0. The number of hydrogen-bond acceptors (Lipinski definition) is 4. The van der Waals surface area contributed by atoms with Gasteiger partial charge >= 0.3 is 11.8 Å². The van der Waals surface area contributed by atoms with Gasteiger partial charge in [0.15, 0.2) is 11.5 Å². The van der Waals surface area contributed by atoms with Crippen LogP contribution < -0.4 is 20.1 Å². The van der Waals surface area contributed by atoms with E-state index in [1.807, 2.05) is 0 Å². The molecule has 2 amide bonds. The molecule has 6 nitrogen and oxygen atoms in total. The summed E-state index contributed by atoms with van der Waals surface area (Å²) in [6.07, 6.45) is 0. The zero-order valence-corrected chi connectivity index (χ0v) is 13.3. The third kappa shape index (κ3) is 4.22. The Morgan fingerprint density at radius 3 is 2.38 bits per heavy atom. The first kappa shape index (κ1) is 17.3. The first-order chi connectivity index (χ1) is 11.5. The zero-order valence-electron chi connectivity index (χ0n) is 13.3. The van der Waals surface area contributed by atoms with Crippen LogP contribution >= 0.6 is 0 Å². The summed E-state index contributed by atoms with van der Waals surface area (Å²) in [6, 6.07) is 10.7. The van der Waals surface area contributed by atoms with Gasteiger partial charge in [-0.2, -0.15) is 0 Å². The summed E-state index contributed by atoms with van der Waals surface area (Å²) < 4.78 is 23.7. The summed E-state index contributed by atoms with van der Waals surface area (Å²) in [6.45, 7) is 0.115. The molecule has 0 aliphatic heterocycles. The molecule has 2 N–H and O–H groups in total. The van der Waals surface area contributed by atoms with Gasteiger partial charge in [0.25, 0.3) is 0 Å². The minimum Gasteiger partial charge on any atom is -0.493 e. The van der Waals surface area contributed by atoms with Gasteiger partial charge in [0.2, 0.25) is 0 Å². The molecule has 2 aromatic rings. The lowest BCUT2D eigenvalue weighted by Crippen LogP contribution is -2.35. The van der Waals surface area contributed by atoms with Crippen LogP contribution in [0.5, 0.6) is 11.5 Å². The van der Waals surface area contributed by atoms with Gasteiger partial charge < -0.3 is 20.1 Å². The maximum Gasteiger partial charge on any atom is 0.313 e. The Kier molecular flexibility index (Phi) is 5.73. The van der Waals surface area contributed by atoms with Crippen molar-refractivity contribution in [3.63, 3.8) is 0 Å². The number of halogens is 1. The first-order valence-electron chi connectivity index (χ1n) is 7.09. The van der Waals surface area contributed by atoms with Crippen molar-refractivity contribution in [1.29, 1.82) is 0 Å². The number of carbonyl (C=O) groups excluding carboxylic acids is 2. The molecule has 0 atom stereocenters. The predicted octanol–water partition coefficient (Wildman–Crippen LogP) is 2.10. The number of carbonyl (C=O) groups is 2. The van der Waals surface area contributed by atoms with Crippen molar-refractivity contribution in [3.8, 4) is 11.5 Å². The van der Waals surface area contributed by atoms with Crippen LogP contribution in [0.1, 0.15) is 5.56 Å². The van der Waals surface area contributed by atoms with E-state index in [4.69, 9.17) is 9.47 Å². The monoisotopic (exact) mass is 332 g/mol. The Balaban J connectivity index is 1.95. The molecule has 0 spiro atoms. The molecule has 0 saturated carbocycles. The second-order valence-electron chi connectivity index (χ2n) is 4.81. The smallest absolute Gasteiger partial charge is 0.313 e. The SMILES string of the molecule is COc1ccc(CNC(=O)C(=O)Nc2ccccc2F)cc1OC. The number of hydrogen-bond donors (Lipinski definition) is 2. The number of benzene rings is 2. The Labute approximate surface area is 138 Å². The van der Waals surface area contributed by atoms with Crippen LogP contribution in [0.15, 0.2) is 42.5 Å². The Bertz CT molecular complexity index is 749. The highest BCUT2D eigenvalue weighted by atomic mass is 19.1. The lowest BCUT2D eigenvalue weighted by molar-refractivity contribution is -0.136. The van der Waals surface area contributed by atoms with Crippen molar-refractivity contribution < 1.29 is 23.5 Å². The molecule has 0 unspecified atom stereocenters. The van der Waals surface area contributed by atoms with Crippen LogP contribution in [0, 0.1) is 5.82 Å². The summed E-state index contributed by atoms with van der Waals surface area (Å²) in [4.78, 5) is 23.6. The van der Waals surface area contributed by atoms with Gasteiger partial charge in [-0.3, -0.25) is 9.59 Å². The molecule has 2 rings (SSSR count). The van der Waals surface area contributed by atoms with E-state index in [1.54, 1.807) is 24.3 Å². The van der Waals surface area contributed by atoms with Crippen molar-refractivity contribution in [3.05, 3.63) is 53.8 Å². The molecule has 0 aliphatic carbocycles. The molecule has 2 aromatic carbocycles. The van der Waals surface area contributed by atoms with Gasteiger partial charge in [-0.15, -0.1) is 0 Å². The van der Waals surface area contributed by atoms with Crippen LogP contribution in [0.25, 0.3) is 0 Å². The maximum absolute atomic E-state index is 13.4. The largest absolute Gasteiger partial charge is 0.493 e. The second kappa shape index (κ2) is 7.96. The number of ether oxygens (including phenoxy) is 2. The molecule has 0 fully saturated rings. The van der Waals surface area contributed by atoms with Crippen molar-refractivity contribution >= 4 is 17.5 Å². The lowest BCUT2D eigenvalue weighted by atomic mass is 10.2. The van der Waals surface area contributed by atoms with E-state index in [9.17, 15) is 14.0 Å². The van der Waals surface area contributed by atoms with E-state index in [0.29, 0.717) is 11.5 Å². The second-order valence-corrected chi connectivity index (χ2v) is 4.81. The Morgan fingerprint density at radius 1 is 1.00 bits per heavy atom.